The lowest BCUT2D eigenvalue weighted by atomic mass is 10.1. The number of nitrogens with one attached hydrogen (secondary N) is 1. The second-order valence-electron chi connectivity index (χ2n) is 6.32. The van der Waals surface area contributed by atoms with E-state index in [0.29, 0.717) is 42.0 Å². The summed E-state index contributed by atoms with van der Waals surface area (Å²) in [6, 6.07) is 13.2. The third-order valence-corrected chi connectivity index (χ3v) is 4.34. The average molecular weight is 410 g/mol. The van der Waals surface area contributed by atoms with Crippen molar-refractivity contribution in [3.05, 3.63) is 48.7 Å². The van der Waals surface area contributed by atoms with Gasteiger partial charge in [-0.2, -0.15) is 0 Å². The van der Waals surface area contributed by atoms with E-state index >= 15 is 0 Å². The smallest absolute Gasteiger partial charge is 0.227 e. The molecular formula is C22H26N4O4. The van der Waals surface area contributed by atoms with Crippen molar-refractivity contribution in [1.82, 2.24) is 9.97 Å². The van der Waals surface area contributed by atoms with Crippen LogP contribution in [-0.4, -0.2) is 44.4 Å². The Balaban J connectivity index is 1.79. The summed E-state index contributed by atoms with van der Waals surface area (Å²) in [5.41, 5.74) is 7.94. The lowest BCUT2D eigenvalue weighted by Gasteiger charge is -2.14. The quantitative estimate of drug-likeness (QED) is 0.489. The van der Waals surface area contributed by atoms with Crippen LogP contribution in [0.1, 0.15) is 6.42 Å². The molecule has 0 saturated heterocycles. The molecule has 8 nitrogen and oxygen atoms in total. The summed E-state index contributed by atoms with van der Waals surface area (Å²) < 4.78 is 21.8. The summed E-state index contributed by atoms with van der Waals surface area (Å²) in [7, 11) is 4.71. The zero-order valence-corrected chi connectivity index (χ0v) is 17.3. The minimum Gasteiger partial charge on any atom is -0.494 e. The number of aromatic nitrogens is 2. The average Bonchev–Trinajstić information content (AvgIpc) is 2.79. The van der Waals surface area contributed by atoms with E-state index in [0.717, 1.165) is 23.4 Å². The first-order valence-corrected chi connectivity index (χ1v) is 9.52. The number of nitrogens with two attached hydrogens (primary N) is 1. The molecule has 1 heterocycles. The van der Waals surface area contributed by atoms with Crippen molar-refractivity contribution in [1.29, 1.82) is 0 Å². The summed E-state index contributed by atoms with van der Waals surface area (Å²) in [5.74, 6) is 2.86. The highest BCUT2D eigenvalue weighted by atomic mass is 16.5. The van der Waals surface area contributed by atoms with Gasteiger partial charge in [0.05, 0.1) is 33.6 Å². The number of anilines is 2. The first kappa shape index (κ1) is 21.2. The van der Waals surface area contributed by atoms with Gasteiger partial charge in [0.2, 0.25) is 11.7 Å². The zero-order valence-electron chi connectivity index (χ0n) is 17.3. The molecule has 1 aromatic heterocycles. The van der Waals surface area contributed by atoms with Crippen LogP contribution in [0.4, 0.5) is 11.6 Å². The SMILES string of the molecule is COc1cc(Nc2nccc(-c3ccc(OCCCN)cc3)n2)cc(OC)c1OC. The molecule has 0 radical (unpaired) electrons. The van der Waals surface area contributed by atoms with Gasteiger partial charge < -0.3 is 30.0 Å². The van der Waals surface area contributed by atoms with Crippen LogP contribution in [0, 0.1) is 0 Å². The highest BCUT2D eigenvalue weighted by molar-refractivity contribution is 5.67. The van der Waals surface area contributed by atoms with E-state index in [1.54, 1.807) is 39.7 Å². The fraction of sp³-hybridized carbons (Fsp3) is 0.273. The second-order valence-corrected chi connectivity index (χ2v) is 6.32. The zero-order chi connectivity index (χ0) is 21.3. The van der Waals surface area contributed by atoms with Gasteiger partial charge in [-0.25, -0.2) is 9.97 Å². The fourth-order valence-electron chi connectivity index (χ4n) is 2.86. The Hall–Kier alpha value is -3.52. The highest BCUT2D eigenvalue weighted by Crippen LogP contribution is 2.40. The van der Waals surface area contributed by atoms with E-state index in [4.69, 9.17) is 24.7 Å². The Morgan fingerprint density at radius 1 is 0.933 bits per heavy atom. The molecule has 0 atom stereocenters. The molecule has 158 valence electrons. The molecule has 30 heavy (non-hydrogen) atoms. The van der Waals surface area contributed by atoms with E-state index < -0.39 is 0 Å². The number of benzene rings is 2. The van der Waals surface area contributed by atoms with Gasteiger partial charge in [-0.3, -0.25) is 0 Å². The molecule has 2 aromatic carbocycles. The summed E-state index contributed by atoms with van der Waals surface area (Å²) >= 11 is 0. The maximum absolute atomic E-state index is 5.64. The van der Waals surface area contributed by atoms with Crippen molar-refractivity contribution >= 4 is 11.6 Å². The third-order valence-electron chi connectivity index (χ3n) is 4.34. The molecule has 8 heteroatoms. The van der Waals surface area contributed by atoms with Gasteiger partial charge in [-0.15, -0.1) is 0 Å². The molecule has 3 aromatic rings. The number of rotatable bonds is 10. The summed E-state index contributed by atoms with van der Waals surface area (Å²) in [4.78, 5) is 8.91. The van der Waals surface area contributed by atoms with Gasteiger partial charge in [0.25, 0.3) is 0 Å². The Labute approximate surface area is 176 Å². The fourth-order valence-corrected chi connectivity index (χ4v) is 2.86. The molecule has 0 aliphatic rings. The van der Waals surface area contributed by atoms with Gasteiger partial charge in [0.1, 0.15) is 5.75 Å². The number of hydrogen-bond acceptors (Lipinski definition) is 8. The predicted octanol–water partition coefficient (Wildman–Crippen LogP) is 3.64. The molecule has 0 spiro atoms. The second kappa shape index (κ2) is 10.3. The van der Waals surface area contributed by atoms with E-state index in [9.17, 15) is 0 Å². The molecule has 0 bridgehead atoms. The van der Waals surface area contributed by atoms with Gasteiger partial charge in [-0.1, -0.05) is 0 Å². The number of ether oxygens (including phenoxy) is 4. The molecule has 0 amide bonds. The lowest BCUT2D eigenvalue weighted by Crippen LogP contribution is -2.05. The van der Waals surface area contributed by atoms with Crippen molar-refractivity contribution < 1.29 is 18.9 Å². The molecule has 0 fully saturated rings. The summed E-state index contributed by atoms with van der Waals surface area (Å²) in [6.45, 7) is 1.22. The van der Waals surface area contributed by atoms with Crippen molar-refractivity contribution in [3.63, 3.8) is 0 Å². The van der Waals surface area contributed by atoms with Crippen LogP contribution in [-0.2, 0) is 0 Å². The van der Waals surface area contributed by atoms with Crippen LogP contribution in [0.5, 0.6) is 23.0 Å². The summed E-state index contributed by atoms with van der Waals surface area (Å²) in [5, 5.41) is 3.19. The van der Waals surface area contributed by atoms with Crippen LogP contribution in [0.2, 0.25) is 0 Å². The molecular weight excluding hydrogens is 384 g/mol. The Morgan fingerprint density at radius 3 is 2.23 bits per heavy atom. The number of hydrogen-bond donors (Lipinski definition) is 2. The Kier molecular flexibility index (Phi) is 7.29. The molecule has 3 N–H and O–H groups in total. The van der Waals surface area contributed by atoms with Gasteiger partial charge in [0.15, 0.2) is 11.5 Å². The largest absolute Gasteiger partial charge is 0.494 e. The molecule has 0 aliphatic carbocycles. The van der Waals surface area contributed by atoms with Gasteiger partial charge >= 0.3 is 0 Å². The van der Waals surface area contributed by atoms with E-state index in [1.165, 1.54) is 0 Å². The normalized spacial score (nSPS) is 10.4. The Morgan fingerprint density at radius 2 is 1.63 bits per heavy atom. The van der Waals surface area contributed by atoms with Crippen molar-refractivity contribution in [2.45, 2.75) is 6.42 Å². The standard InChI is InChI=1S/C22H26N4O4/c1-27-19-13-16(14-20(28-2)21(19)29-3)25-22-24-11-9-18(26-22)15-5-7-17(8-6-15)30-12-4-10-23/h5-9,11,13-14H,4,10,12,23H2,1-3H3,(H,24,25,26). The number of nitrogens with zero attached hydrogens (tertiary/aromatic N) is 2. The van der Waals surface area contributed by atoms with Crippen LogP contribution in [0.3, 0.4) is 0 Å². The topological polar surface area (TPSA) is 101 Å². The maximum atomic E-state index is 5.64. The number of methoxy groups -OCH3 is 3. The van der Waals surface area contributed by atoms with Crippen LogP contribution in [0.25, 0.3) is 11.3 Å². The minimum absolute atomic E-state index is 0.449. The summed E-state index contributed by atoms with van der Waals surface area (Å²) in [6.07, 6.45) is 2.53. The first-order chi connectivity index (χ1) is 14.7. The Bertz CT molecular complexity index is 939. The van der Waals surface area contributed by atoms with Crippen molar-refractivity contribution in [2.24, 2.45) is 5.73 Å². The first-order valence-electron chi connectivity index (χ1n) is 9.52. The molecule has 0 saturated carbocycles. The monoisotopic (exact) mass is 410 g/mol. The third kappa shape index (κ3) is 5.09. The molecule has 0 unspecified atom stereocenters. The van der Waals surface area contributed by atoms with Crippen molar-refractivity contribution in [3.8, 4) is 34.3 Å². The van der Waals surface area contributed by atoms with E-state index in [-0.39, 0.29) is 0 Å². The van der Waals surface area contributed by atoms with Crippen LogP contribution in [0.15, 0.2) is 48.7 Å². The van der Waals surface area contributed by atoms with Crippen molar-refractivity contribution in [2.75, 3.05) is 39.8 Å². The van der Waals surface area contributed by atoms with Gasteiger partial charge in [-0.05, 0) is 43.3 Å². The van der Waals surface area contributed by atoms with E-state index in [2.05, 4.69) is 15.3 Å². The minimum atomic E-state index is 0.449. The van der Waals surface area contributed by atoms with Crippen LogP contribution < -0.4 is 30.0 Å². The van der Waals surface area contributed by atoms with Crippen LogP contribution >= 0.6 is 0 Å². The highest BCUT2D eigenvalue weighted by Gasteiger charge is 2.14. The molecule has 0 aliphatic heterocycles. The molecule has 3 rings (SSSR count). The van der Waals surface area contributed by atoms with E-state index in [1.807, 2.05) is 30.3 Å². The maximum Gasteiger partial charge on any atom is 0.227 e. The predicted molar refractivity (Wildman–Crippen MR) is 116 cm³/mol. The van der Waals surface area contributed by atoms with Gasteiger partial charge in [0, 0.05) is 29.6 Å². The lowest BCUT2D eigenvalue weighted by molar-refractivity contribution is 0.313.